The van der Waals surface area contributed by atoms with Crippen molar-refractivity contribution in [2.45, 2.75) is 64.9 Å². The third-order valence-corrected chi connectivity index (χ3v) is 6.46. The van der Waals surface area contributed by atoms with Crippen LogP contribution in [0.3, 0.4) is 0 Å². The summed E-state index contributed by atoms with van der Waals surface area (Å²) in [5.41, 5.74) is 0.341. The van der Waals surface area contributed by atoms with Gasteiger partial charge in [0.15, 0.2) is 0 Å². The Bertz CT molecular complexity index is 387. The molecular formula is C16H26O2. The van der Waals surface area contributed by atoms with E-state index in [1.807, 2.05) is 7.11 Å². The number of hydrogen-bond acceptors (Lipinski definition) is 2. The molecule has 0 N–H and O–H groups in total. The molecule has 2 bridgehead atoms. The average Bonchev–Trinajstić information content (AvgIpc) is 2.39. The molecule has 0 amide bonds. The molecule has 0 unspecified atom stereocenters. The molecule has 0 aromatic heterocycles. The van der Waals surface area contributed by atoms with E-state index in [1.54, 1.807) is 0 Å². The molecular weight excluding hydrogens is 224 g/mol. The third-order valence-electron chi connectivity index (χ3n) is 6.46. The number of Topliss-reactive ketones (excluding diaryl/α,β-unsaturated/α-hetero) is 1. The molecule has 3 fully saturated rings. The van der Waals surface area contributed by atoms with Crippen LogP contribution in [0.5, 0.6) is 0 Å². The van der Waals surface area contributed by atoms with Crippen molar-refractivity contribution in [3.63, 3.8) is 0 Å². The number of ketones is 1. The fourth-order valence-corrected chi connectivity index (χ4v) is 5.21. The highest BCUT2D eigenvalue weighted by Crippen LogP contribution is 2.64. The van der Waals surface area contributed by atoms with Gasteiger partial charge in [0.05, 0.1) is 5.60 Å². The van der Waals surface area contributed by atoms with Gasteiger partial charge in [-0.2, -0.15) is 0 Å². The molecule has 3 saturated carbocycles. The second kappa shape index (κ2) is 3.59. The van der Waals surface area contributed by atoms with Gasteiger partial charge in [0.1, 0.15) is 5.78 Å². The van der Waals surface area contributed by atoms with E-state index in [4.69, 9.17) is 4.74 Å². The number of ether oxygens (including phenoxy) is 1. The molecule has 2 nitrogen and oxygen atoms in total. The standard InChI is InChI=1S/C16H26O2/c1-14(2)9-12-11(14)5-7-15(3)10-16(12,18-4)8-6-13(15)17/h11-12H,5-10H2,1-4H3/t11-,12+,15+,16-/m1/s1. The Kier molecular flexibility index (Phi) is 2.53. The summed E-state index contributed by atoms with van der Waals surface area (Å²) >= 11 is 0. The van der Waals surface area contributed by atoms with Gasteiger partial charge in [-0.25, -0.2) is 0 Å². The van der Waals surface area contributed by atoms with Gasteiger partial charge < -0.3 is 4.74 Å². The lowest BCUT2D eigenvalue weighted by Crippen LogP contribution is -2.58. The second-order valence-corrected chi connectivity index (χ2v) is 7.87. The molecule has 0 aliphatic heterocycles. The molecule has 102 valence electrons. The summed E-state index contributed by atoms with van der Waals surface area (Å²) in [6.45, 7) is 6.95. The number of hydrogen-bond donors (Lipinski definition) is 0. The first-order valence-corrected chi connectivity index (χ1v) is 7.41. The van der Waals surface area contributed by atoms with Crippen LogP contribution in [0.25, 0.3) is 0 Å². The Hall–Kier alpha value is -0.370. The van der Waals surface area contributed by atoms with E-state index in [2.05, 4.69) is 20.8 Å². The Labute approximate surface area is 110 Å². The summed E-state index contributed by atoms with van der Waals surface area (Å²) < 4.78 is 6.02. The summed E-state index contributed by atoms with van der Waals surface area (Å²) in [4.78, 5) is 12.3. The minimum absolute atomic E-state index is 0.000648. The fourth-order valence-electron chi connectivity index (χ4n) is 5.21. The molecule has 4 atom stereocenters. The van der Waals surface area contributed by atoms with Crippen molar-refractivity contribution in [3.05, 3.63) is 0 Å². The second-order valence-electron chi connectivity index (χ2n) is 7.87. The first-order chi connectivity index (χ1) is 8.33. The summed E-state index contributed by atoms with van der Waals surface area (Å²) in [7, 11) is 1.86. The molecule has 3 rings (SSSR count). The van der Waals surface area contributed by atoms with E-state index in [0.29, 0.717) is 17.1 Å². The van der Waals surface area contributed by atoms with Gasteiger partial charge >= 0.3 is 0 Å². The maximum atomic E-state index is 12.3. The van der Waals surface area contributed by atoms with Gasteiger partial charge in [-0.05, 0) is 49.4 Å². The Balaban J connectivity index is 1.98. The van der Waals surface area contributed by atoms with Crippen molar-refractivity contribution in [1.82, 2.24) is 0 Å². The highest BCUT2D eigenvalue weighted by molar-refractivity contribution is 5.85. The lowest BCUT2D eigenvalue weighted by Gasteiger charge is -2.59. The zero-order valence-electron chi connectivity index (χ0n) is 12.2. The lowest BCUT2D eigenvalue weighted by atomic mass is 9.49. The zero-order chi connectivity index (χ0) is 13.2. The van der Waals surface area contributed by atoms with Crippen LogP contribution in [0.4, 0.5) is 0 Å². The van der Waals surface area contributed by atoms with Crippen LogP contribution in [0.15, 0.2) is 0 Å². The predicted molar refractivity (Wildman–Crippen MR) is 71.3 cm³/mol. The van der Waals surface area contributed by atoms with Gasteiger partial charge in [0, 0.05) is 18.9 Å². The smallest absolute Gasteiger partial charge is 0.138 e. The fraction of sp³-hybridized carbons (Fsp3) is 0.938. The van der Waals surface area contributed by atoms with Crippen LogP contribution >= 0.6 is 0 Å². The molecule has 0 spiro atoms. The third kappa shape index (κ3) is 1.47. The van der Waals surface area contributed by atoms with Gasteiger partial charge in [0.25, 0.3) is 0 Å². The summed E-state index contributed by atoms with van der Waals surface area (Å²) in [6.07, 6.45) is 6.21. The van der Waals surface area contributed by atoms with Crippen molar-refractivity contribution < 1.29 is 9.53 Å². The van der Waals surface area contributed by atoms with E-state index in [0.717, 1.165) is 31.6 Å². The molecule has 0 heterocycles. The number of carbonyl (C=O) groups excluding carboxylic acids is 1. The molecule has 0 aromatic rings. The van der Waals surface area contributed by atoms with Gasteiger partial charge in [-0.15, -0.1) is 0 Å². The summed E-state index contributed by atoms with van der Waals surface area (Å²) in [5.74, 6) is 1.92. The highest BCUT2D eigenvalue weighted by atomic mass is 16.5. The van der Waals surface area contributed by atoms with Crippen molar-refractivity contribution in [2.24, 2.45) is 22.7 Å². The molecule has 0 saturated heterocycles. The number of methoxy groups -OCH3 is 1. The van der Waals surface area contributed by atoms with Gasteiger partial charge in [-0.1, -0.05) is 20.8 Å². The Morgan fingerprint density at radius 1 is 1.17 bits per heavy atom. The van der Waals surface area contributed by atoms with Crippen molar-refractivity contribution >= 4 is 5.78 Å². The van der Waals surface area contributed by atoms with Gasteiger partial charge in [0.2, 0.25) is 0 Å². The quantitative estimate of drug-likeness (QED) is 0.711. The van der Waals surface area contributed by atoms with E-state index in [1.165, 1.54) is 12.8 Å². The monoisotopic (exact) mass is 250 g/mol. The molecule has 2 heteroatoms. The van der Waals surface area contributed by atoms with E-state index in [9.17, 15) is 4.79 Å². The minimum Gasteiger partial charge on any atom is -0.378 e. The maximum absolute atomic E-state index is 12.3. The number of rotatable bonds is 1. The van der Waals surface area contributed by atoms with Crippen LogP contribution < -0.4 is 0 Å². The topological polar surface area (TPSA) is 26.3 Å². The number of carbonyl (C=O) groups is 1. The minimum atomic E-state index is -0.109. The zero-order valence-corrected chi connectivity index (χ0v) is 12.2. The van der Waals surface area contributed by atoms with Gasteiger partial charge in [-0.3, -0.25) is 4.79 Å². The lowest BCUT2D eigenvalue weighted by molar-refractivity contribution is -0.181. The van der Waals surface area contributed by atoms with E-state index >= 15 is 0 Å². The van der Waals surface area contributed by atoms with Crippen LogP contribution in [-0.2, 0) is 9.53 Å². The van der Waals surface area contributed by atoms with E-state index < -0.39 is 0 Å². The van der Waals surface area contributed by atoms with Crippen molar-refractivity contribution in [2.75, 3.05) is 7.11 Å². The Morgan fingerprint density at radius 2 is 1.89 bits per heavy atom. The normalized spacial score (nSPS) is 50.1. The average molecular weight is 250 g/mol. The first-order valence-electron chi connectivity index (χ1n) is 7.41. The van der Waals surface area contributed by atoms with Crippen LogP contribution in [0.2, 0.25) is 0 Å². The summed E-state index contributed by atoms with van der Waals surface area (Å²) in [6, 6.07) is 0. The van der Waals surface area contributed by atoms with Crippen molar-refractivity contribution in [1.29, 1.82) is 0 Å². The van der Waals surface area contributed by atoms with Crippen LogP contribution in [-0.4, -0.2) is 18.5 Å². The highest BCUT2D eigenvalue weighted by Gasteiger charge is 2.62. The number of fused-ring (bicyclic) bond motifs is 4. The molecule has 3 aliphatic rings. The Morgan fingerprint density at radius 3 is 2.50 bits per heavy atom. The SMILES string of the molecule is CO[C@@]12CCC(=O)[C@@](C)(CC[C@@H]3[C@@H]1CC3(C)C)C2. The van der Waals surface area contributed by atoms with Crippen LogP contribution in [0, 0.1) is 22.7 Å². The van der Waals surface area contributed by atoms with Crippen LogP contribution in [0.1, 0.15) is 59.3 Å². The molecule has 0 aromatic carbocycles. The summed E-state index contributed by atoms with van der Waals surface area (Å²) in [5, 5.41) is 0. The predicted octanol–water partition coefficient (Wildman–Crippen LogP) is 3.59. The first kappa shape index (κ1) is 12.7. The largest absolute Gasteiger partial charge is 0.378 e. The molecule has 18 heavy (non-hydrogen) atoms. The van der Waals surface area contributed by atoms with E-state index in [-0.39, 0.29) is 11.0 Å². The maximum Gasteiger partial charge on any atom is 0.138 e. The molecule has 0 radical (unpaired) electrons. The van der Waals surface area contributed by atoms with Crippen molar-refractivity contribution in [3.8, 4) is 0 Å². The molecule has 3 aliphatic carbocycles.